The number of methoxy groups -OCH3 is 1. The van der Waals surface area contributed by atoms with E-state index in [9.17, 15) is 14.4 Å². The van der Waals surface area contributed by atoms with Crippen LogP contribution in [0.5, 0.6) is 5.75 Å². The van der Waals surface area contributed by atoms with E-state index < -0.39 is 23.4 Å². The largest absolute Gasteiger partial charge is 0.497 e. The molecular formula is C21H22ClN3O4. The third-order valence-corrected chi connectivity index (χ3v) is 5.21. The average Bonchev–Trinajstić information content (AvgIpc) is 2.92. The number of ether oxygens (including phenoxy) is 1. The predicted octanol–water partition coefficient (Wildman–Crippen LogP) is 2.47. The van der Waals surface area contributed by atoms with E-state index in [2.05, 4.69) is 10.6 Å². The molecule has 2 N–H and O–H groups in total. The van der Waals surface area contributed by atoms with Crippen LogP contribution in [0.1, 0.15) is 18.1 Å². The molecular weight excluding hydrogens is 394 g/mol. The van der Waals surface area contributed by atoms with Crippen molar-refractivity contribution in [3.63, 3.8) is 0 Å². The van der Waals surface area contributed by atoms with E-state index in [-0.39, 0.29) is 6.54 Å². The minimum atomic E-state index is -1.31. The van der Waals surface area contributed by atoms with Gasteiger partial charge >= 0.3 is 6.03 Å². The van der Waals surface area contributed by atoms with Crippen molar-refractivity contribution in [1.29, 1.82) is 0 Å². The van der Waals surface area contributed by atoms with Gasteiger partial charge in [-0.15, -0.1) is 0 Å². The fourth-order valence-electron chi connectivity index (χ4n) is 3.23. The molecule has 0 unspecified atom stereocenters. The molecule has 0 spiro atoms. The maximum Gasteiger partial charge on any atom is 0.325 e. The second-order valence-electron chi connectivity index (χ2n) is 6.87. The van der Waals surface area contributed by atoms with E-state index >= 15 is 0 Å². The number of halogens is 1. The van der Waals surface area contributed by atoms with E-state index in [0.29, 0.717) is 23.6 Å². The van der Waals surface area contributed by atoms with Crippen molar-refractivity contribution < 1.29 is 19.1 Å². The summed E-state index contributed by atoms with van der Waals surface area (Å²) in [6, 6.07) is 13.7. The summed E-state index contributed by atoms with van der Waals surface area (Å²) in [5.74, 6) is -0.163. The number of urea groups is 1. The Hall–Kier alpha value is -3.06. The minimum Gasteiger partial charge on any atom is -0.497 e. The van der Waals surface area contributed by atoms with Crippen LogP contribution >= 0.6 is 11.6 Å². The number of nitrogens with one attached hydrogen (secondary N) is 2. The van der Waals surface area contributed by atoms with Gasteiger partial charge in [-0.2, -0.15) is 0 Å². The molecule has 2 aromatic carbocycles. The first kappa shape index (κ1) is 20.7. The molecule has 1 saturated heterocycles. The molecule has 1 heterocycles. The average molecular weight is 416 g/mol. The van der Waals surface area contributed by atoms with E-state index in [4.69, 9.17) is 16.3 Å². The highest BCUT2D eigenvalue weighted by atomic mass is 35.5. The SMILES string of the molecule is COc1ccc(CCNC(=O)CN2C(=O)N[C@](C)(c3ccccc3Cl)C2=O)cc1. The third-order valence-electron chi connectivity index (χ3n) is 4.88. The maximum atomic E-state index is 12.9. The topological polar surface area (TPSA) is 87.7 Å². The maximum absolute atomic E-state index is 12.9. The Bertz CT molecular complexity index is 932. The molecule has 1 fully saturated rings. The first-order chi connectivity index (χ1) is 13.8. The quantitative estimate of drug-likeness (QED) is 0.680. The Morgan fingerprint density at radius 2 is 1.86 bits per heavy atom. The molecule has 1 atom stereocenters. The second-order valence-corrected chi connectivity index (χ2v) is 7.28. The molecule has 152 valence electrons. The fraction of sp³-hybridized carbons (Fsp3) is 0.286. The van der Waals surface area contributed by atoms with Gasteiger partial charge in [0.1, 0.15) is 17.8 Å². The number of nitrogens with zero attached hydrogens (tertiary/aromatic N) is 1. The van der Waals surface area contributed by atoms with Crippen LogP contribution in [0.4, 0.5) is 4.79 Å². The number of hydrogen-bond acceptors (Lipinski definition) is 4. The van der Waals surface area contributed by atoms with Crippen LogP contribution in [-0.4, -0.2) is 42.9 Å². The summed E-state index contributed by atoms with van der Waals surface area (Å²) in [4.78, 5) is 38.4. The van der Waals surface area contributed by atoms with E-state index in [1.54, 1.807) is 38.3 Å². The van der Waals surface area contributed by atoms with Crippen molar-refractivity contribution in [3.8, 4) is 5.75 Å². The van der Waals surface area contributed by atoms with E-state index in [1.165, 1.54) is 0 Å². The molecule has 0 bridgehead atoms. The molecule has 1 aliphatic heterocycles. The van der Waals surface area contributed by atoms with Crippen LogP contribution in [0, 0.1) is 0 Å². The van der Waals surface area contributed by atoms with Crippen molar-refractivity contribution in [2.24, 2.45) is 0 Å². The van der Waals surface area contributed by atoms with Crippen LogP contribution in [0.15, 0.2) is 48.5 Å². The number of rotatable bonds is 7. The summed E-state index contributed by atoms with van der Waals surface area (Å²) in [5, 5.41) is 5.75. The molecule has 3 rings (SSSR count). The number of imide groups is 1. The van der Waals surface area contributed by atoms with Gasteiger partial charge in [-0.25, -0.2) is 4.79 Å². The molecule has 8 heteroatoms. The summed E-state index contributed by atoms with van der Waals surface area (Å²) in [6.45, 7) is 1.61. The molecule has 4 amide bonds. The molecule has 7 nitrogen and oxygen atoms in total. The van der Waals surface area contributed by atoms with Crippen molar-refractivity contribution in [3.05, 3.63) is 64.7 Å². The number of hydrogen-bond donors (Lipinski definition) is 2. The van der Waals surface area contributed by atoms with Crippen LogP contribution in [0.2, 0.25) is 5.02 Å². The molecule has 1 aliphatic rings. The second kappa shape index (κ2) is 8.53. The van der Waals surface area contributed by atoms with Gasteiger partial charge in [0.15, 0.2) is 0 Å². The predicted molar refractivity (Wildman–Crippen MR) is 109 cm³/mol. The first-order valence-corrected chi connectivity index (χ1v) is 9.51. The van der Waals surface area contributed by atoms with Crippen molar-refractivity contribution >= 4 is 29.4 Å². The zero-order valence-electron chi connectivity index (χ0n) is 16.2. The Kier molecular flexibility index (Phi) is 6.08. The number of carbonyl (C=O) groups is 3. The number of carbonyl (C=O) groups excluding carboxylic acids is 3. The fourth-order valence-corrected chi connectivity index (χ4v) is 3.55. The van der Waals surface area contributed by atoms with Gasteiger partial charge in [-0.1, -0.05) is 41.9 Å². The van der Waals surface area contributed by atoms with Crippen LogP contribution in [0.3, 0.4) is 0 Å². The highest BCUT2D eigenvalue weighted by Crippen LogP contribution is 2.33. The molecule has 0 radical (unpaired) electrons. The number of benzene rings is 2. The zero-order chi connectivity index (χ0) is 21.0. The Morgan fingerprint density at radius 3 is 2.52 bits per heavy atom. The van der Waals surface area contributed by atoms with Crippen LogP contribution < -0.4 is 15.4 Å². The first-order valence-electron chi connectivity index (χ1n) is 9.14. The highest BCUT2D eigenvalue weighted by Gasteiger charge is 2.50. The van der Waals surface area contributed by atoms with Crippen LogP contribution in [-0.2, 0) is 21.5 Å². The van der Waals surface area contributed by atoms with Crippen molar-refractivity contribution in [1.82, 2.24) is 15.5 Å². The number of amides is 4. The lowest BCUT2D eigenvalue weighted by atomic mass is 9.92. The standard InChI is InChI=1S/C21H22ClN3O4/c1-21(16-5-3-4-6-17(16)22)19(27)25(20(28)24-21)13-18(26)23-12-11-14-7-9-15(29-2)10-8-14/h3-10H,11-13H2,1-2H3,(H,23,26)(H,24,28)/t21-/m1/s1. The lowest BCUT2D eigenvalue weighted by molar-refractivity contribution is -0.134. The Balaban J connectivity index is 1.58. The summed E-state index contributed by atoms with van der Waals surface area (Å²) < 4.78 is 5.11. The van der Waals surface area contributed by atoms with Gasteiger partial charge in [0.25, 0.3) is 5.91 Å². The van der Waals surface area contributed by atoms with Crippen molar-refractivity contribution in [2.45, 2.75) is 18.9 Å². The molecule has 0 aromatic heterocycles. The van der Waals surface area contributed by atoms with Gasteiger partial charge < -0.3 is 15.4 Å². The van der Waals surface area contributed by atoms with Gasteiger partial charge in [0.05, 0.1) is 7.11 Å². The van der Waals surface area contributed by atoms with Gasteiger partial charge in [-0.3, -0.25) is 14.5 Å². The molecule has 29 heavy (non-hydrogen) atoms. The van der Waals surface area contributed by atoms with Gasteiger partial charge in [-0.05, 0) is 37.1 Å². The summed E-state index contributed by atoms with van der Waals surface area (Å²) in [7, 11) is 1.60. The lowest BCUT2D eigenvalue weighted by Crippen LogP contribution is -2.43. The van der Waals surface area contributed by atoms with Crippen LogP contribution in [0.25, 0.3) is 0 Å². The third kappa shape index (κ3) is 4.35. The smallest absolute Gasteiger partial charge is 0.325 e. The summed E-state index contributed by atoms with van der Waals surface area (Å²) >= 11 is 6.20. The monoisotopic (exact) mass is 415 g/mol. The zero-order valence-corrected chi connectivity index (χ0v) is 17.0. The van der Waals surface area contributed by atoms with E-state index in [0.717, 1.165) is 16.2 Å². The van der Waals surface area contributed by atoms with Crippen molar-refractivity contribution in [2.75, 3.05) is 20.2 Å². The lowest BCUT2D eigenvalue weighted by Gasteiger charge is -2.23. The summed E-state index contributed by atoms with van der Waals surface area (Å²) in [6.07, 6.45) is 0.618. The normalized spacial score (nSPS) is 18.5. The summed E-state index contributed by atoms with van der Waals surface area (Å²) in [5.41, 5.74) is 0.216. The molecule has 0 aliphatic carbocycles. The molecule has 0 saturated carbocycles. The van der Waals surface area contributed by atoms with Gasteiger partial charge in [0, 0.05) is 17.1 Å². The Morgan fingerprint density at radius 1 is 1.17 bits per heavy atom. The molecule has 2 aromatic rings. The van der Waals surface area contributed by atoms with Gasteiger partial charge in [0.2, 0.25) is 5.91 Å². The Labute approximate surface area is 174 Å². The highest BCUT2D eigenvalue weighted by molar-refractivity contribution is 6.32. The van der Waals surface area contributed by atoms with E-state index in [1.807, 2.05) is 24.3 Å². The minimum absolute atomic E-state index is 0.354.